The van der Waals surface area contributed by atoms with Crippen molar-refractivity contribution in [3.63, 3.8) is 0 Å². The molecule has 1 N–H and O–H groups in total. The third-order valence-electron chi connectivity index (χ3n) is 11.6. The fourth-order valence-corrected chi connectivity index (χ4v) is 10.1. The lowest BCUT2D eigenvalue weighted by Gasteiger charge is -2.46. The summed E-state index contributed by atoms with van der Waals surface area (Å²) in [5.74, 6) is 1.26. The van der Waals surface area contributed by atoms with Gasteiger partial charge in [0, 0.05) is 48.8 Å². The summed E-state index contributed by atoms with van der Waals surface area (Å²) >= 11 is 6.47. The standard InChI is InChI=1S/C41H50ClN3O7S/c1-28-6-4-8-38(51-21-20-49-2)35-16-11-32(35)25-44-26-41(19-5-7-30-22-33(42)13-17-36(30)41)27-52-39-18-12-31(23-37(39)44)40(46)43-53(47,48)45(28)24-29-9-14-34(50-3)15-10-29/h4,8-10,12-15,17-18,22-23,28,32,35,38H,5-7,11,16,19-21,24-27H2,1-3H3,(H,43,46)/b8-4+/t28-,32-,35+,38-,41-/m0/s1. The zero-order valence-corrected chi connectivity index (χ0v) is 32.3. The lowest BCUT2D eigenvalue weighted by molar-refractivity contribution is -0.0309. The second kappa shape index (κ2) is 16.0. The largest absolute Gasteiger partial charge is 0.497 e. The molecule has 53 heavy (non-hydrogen) atoms. The van der Waals surface area contributed by atoms with E-state index in [4.69, 9.17) is 30.5 Å². The lowest BCUT2D eigenvalue weighted by Crippen LogP contribution is -2.50. The molecule has 0 radical (unpaired) electrons. The van der Waals surface area contributed by atoms with E-state index in [2.05, 4.69) is 27.8 Å². The van der Waals surface area contributed by atoms with E-state index in [1.54, 1.807) is 38.5 Å². The monoisotopic (exact) mass is 763 g/mol. The molecular weight excluding hydrogens is 714 g/mol. The second-order valence-electron chi connectivity index (χ2n) is 15.0. The first-order valence-electron chi connectivity index (χ1n) is 18.6. The minimum absolute atomic E-state index is 0.0701. The van der Waals surface area contributed by atoms with Gasteiger partial charge in [-0.05, 0) is 116 Å². The van der Waals surface area contributed by atoms with Gasteiger partial charge in [-0.2, -0.15) is 12.7 Å². The first kappa shape index (κ1) is 37.7. The number of rotatable bonds is 7. The van der Waals surface area contributed by atoms with Gasteiger partial charge in [-0.3, -0.25) is 4.79 Å². The van der Waals surface area contributed by atoms with Gasteiger partial charge in [0.25, 0.3) is 5.91 Å². The SMILES string of the molecule is COCCO[C@H]1/C=C/C[C@H](C)N(Cc2ccc(OC)cc2)S(=O)(=O)NC(=O)c2ccc3c(c2)N(C[C@@H]2CC[C@H]21)C[C@@]1(CCCc2cc(Cl)ccc21)CO3. The van der Waals surface area contributed by atoms with Gasteiger partial charge in [0.1, 0.15) is 11.5 Å². The van der Waals surface area contributed by atoms with Crippen LogP contribution >= 0.6 is 11.6 Å². The van der Waals surface area contributed by atoms with Crippen LogP contribution in [0.15, 0.2) is 72.8 Å². The number of nitrogens with one attached hydrogen (secondary N) is 1. The van der Waals surface area contributed by atoms with Crippen LogP contribution in [0, 0.1) is 11.8 Å². The van der Waals surface area contributed by atoms with Gasteiger partial charge < -0.3 is 23.8 Å². The molecule has 284 valence electrons. The molecule has 2 aliphatic heterocycles. The van der Waals surface area contributed by atoms with E-state index in [1.807, 2.05) is 37.3 Å². The summed E-state index contributed by atoms with van der Waals surface area (Å²) in [7, 11) is -1.03. The average Bonchev–Trinajstić information content (AvgIpc) is 3.28. The number of ether oxygens (including phenoxy) is 4. The van der Waals surface area contributed by atoms with Crippen LogP contribution in [0.25, 0.3) is 0 Å². The van der Waals surface area contributed by atoms with Gasteiger partial charge in [0.2, 0.25) is 0 Å². The Morgan fingerprint density at radius 3 is 2.62 bits per heavy atom. The number of carbonyl (C=O) groups is 1. The van der Waals surface area contributed by atoms with Crippen LogP contribution in [-0.4, -0.2) is 77.9 Å². The van der Waals surface area contributed by atoms with Crippen molar-refractivity contribution in [2.45, 2.75) is 69.6 Å². The minimum Gasteiger partial charge on any atom is -0.497 e. The number of anilines is 1. The van der Waals surface area contributed by atoms with E-state index in [9.17, 15) is 13.2 Å². The van der Waals surface area contributed by atoms with Gasteiger partial charge in [0.15, 0.2) is 0 Å². The Morgan fingerprint density at radius 1 is 1.04 bits per heavy atom. The maximum absolute atomic E-state index is 14.1. The molecule has 1 amide bonds. The molecule has 3 aromatic rings. The highest BCUT2D eigenvalue weighted by molar-refractivity contribution is 7.87. The summed E-state index contributed by atoms with van der Waals surface area (Å²) in [6, 6.07) is 18.3. The van der Waals surface area contributed by atoms with E-state index in [1.165, 1.54) is 15.4 Å². The summed E-state index contributed by atoms with van der Waals surface area (Å²) in [6.45, 7) is 4.80. The smallest absolute Gasteiger partial charge is 0.304 e. The predicted molar refractivity (Wildman–Crippen MR) is 206 cm³/mol. The van der Waals surface area contributed by atoms with Crippen LogP contribution in [0.5, 0.6) is 11.5 Å². The van der Waals surface area contributed by atoms with Gasteiger partial charge in [-0.1, -0.05) is 42.0 Å². The Balaban J connectivity index is 1.28. The summed E-state index contributed by atoms with van der Waals surface area (Å²) in [5.41, 5.74) is 4.05. The molecule has 1 saturated carbocycles. The molecule has 4 aliphatic rings. The fraction of sp³-hybridized carbons (Fsp3) is 0.488. The molecule has 2 bridgehead atoms. The number of hydrogen-bond acceptors (Lipinski definition) is 8. The molecule has 3 aromatic carbocycles. The topological polar surface area (TPSA) is 107 Å². The number of carbonyl (C=O) groups excluding carboxylic acids is 1. The van der Waals surface area contributed by atoms with E-state index in [-0.39, 0.29) is 29.5 Å². The van der Waals surface area contributed by atoms with E-state index in [0.29, 0.717) is 50.2 Å². The number of nitrogens with zero attached hydrogens (tertiary/aromatic N) is 2. The second-order valence-corrected chi connectivity index (χ2v) is 17.0. The van der Waals surface area contributed by atoms with Gasteiger partial charge in [-0.25, -0.2) is 4.72 Å². The molecule has 7 rings (SSSR count). The van der Waals surface area contributed by atoms with Crippen LogP contribution in [-0.2, 0) is 38.1 Å². The molecule has 2 aliphatic carbocycles. The molecule has 12 heteroatoms. The Kier molecular flexibility index (Phi) is 11.4. The first-order chi connectivity index (χ1) is 25.6. The maximum Gasteiger partial charge on any atom is 0.304 e. The highest BCUT2D eigenvalue weighted by Gasteiger charge is 2.44. The summed E-state index contributed by atoms with van der Waals surface area (Å²) < 4.78 is 55.8. The zero-order valence-electron chi connectivity index (χ0n) is 30.8. The minimum atomic E-state index is -4.29. The fourth-order valence-electron chi connectivity index (χ4n) is 8.53. The zero-order chi connectivity index (χ0) is 37.2. The average molecular weight is 764 g/mol. The molecule has 1 fully saturated rings. The van der Waals surface area contributed by atoms with Crippen molar-refractivity contribution < 1.29 is 32.2 Å². The van der Waals surface area contributed by atoms with Gasteiger partial charge >= 0.3 is 10.2 Å². The van der Waals surface area contributed by atoms with Crippen LogP contribution in [0.3, 0.4) is 0 Å². The number of fused-ring (bicyclic) bond motifs is 4. The molecule has 2 heterocycles. The van der Waals surface area contributed by atoms with E-state index >= 15 is 0 Å². The number of halogens is 1. The third-order valence-corrected chi connectivity index (χ3v) is 13.4. The molecule has 1 spiro atoms. The molecule has 5 atom stereocenters. The van der Waals surface area contributed by atoms with Gasteiger partial charge in [-0.15, -0.1) is 0 Å². The summed E-state index contributed by atoms with van der Waals surface area (Å²) in [5, 5.41) is 0.732. The normalized spacial score (nSPS) is 27.7. The quantitative estimate of drug-likeness (QED) is 0.209. The molecule has 0 aromatic heterocycles. The Hall–Kier alpha value is -3.61. The molecule has 0 unspecified atom stereocenters. The van der Waals surface area contributed by atoms with Crippen molar-refractivity contribution in [2.75, 3.05) is 52.0 Å². The van der Waals surface area contributed by atoms with Crippen molar-refractivity contribution in [3.05, 3.63) is 100 Å². The van der Waals surface area contributed by atoms with Crippen LogP contribution in [0.4, 0.5) is 5.69 Å². The van der Waals surface area contributed by atoms with Crippen LogP contribution < -0.4 is 19.1 Å². The highest BCUT2D eigenvalue weighted by Crippen LogP contribution is 2.47. The number of benzene rings is 3. The van der Waals surface area contributed by atoms with Crippen molar-refractivity contribution in [1.82, 2.24) is 9.03 Å². The Labute approximate surface area is 318 Å². The maximum atomic E-state index is 14.1. The number of hydrogen-bond donors (Lipinski definition) is 1. The third kappa shape index (κ3) is 8.10. The van der Waals surface area contributed by atoms with E-state index < -0.39 is 22.2 Å². The van der Waals surface area contributed by atoms with Crippen LogP contribution in [0.2, 0.25) is 5.02 Å². The lowest BCUT2D eigenvalue weighted by atomic mass is 9.68. The number of methoxy groups -OCH3 is 2. The highest BCUT2D eigenvalue weighted by atomic mass is 35.5. The number of aryl methyl sites for hydroxylation is 1. The number of amides is 1. The Bertz CT molecular complexity index is 1920. The molecular formula is C41H50ClN3O7S. The summed E-state index contributed by atoms with van der Waals surface area (Å²) in [4.78, 5) is 16.3. The van der Waals surface area contributed by atoms with E-state index in [0.717, 1.165) is 54.9 Å². The Morgan fingerprint density at radius 2 is 1.87 bits per heavy atom. The van der Waals surface area contributed by atoms with Crippen molar-refractivity contribution in [2.24, 2.45) is 11.8 Å². The van der Waals surface area contributed by atoms with Crippen molar-refractivity contribution in [1.29, 1.82) is 0 Å². The first-order valence-corrected chi connectivity index (χ1v) is 20.5. The van der Waals surface area contributed by atoms with Gasteiger partial charge in [0.05, 0.1) is 38.7 Å². The molecule has 0 saturated heterocycles. The van der Waals surface area contributed by atoms with Crippen molar-refractivity contribution >= 4 is 33.4 Å². The van der Waals surface area contributed by atoms with Crippen LogP contribution in [0.1, 0.15) is 66.1 Å². The molecule has 10 nitrogen and oxygen atoms in total. The summed E-state index contributed by atoms with van der Waals surface area (Å²) in [6.07, 6.45) is 9.42. The predicted octanol–water partition coefficient (Wildman–Crippen LogP) is 6.70. The van der Waals surface area contributed by atoms with Crippen molar-refractivity contribution in [3.8, 4) is 11.5 Å².